The van der Waals surface area contributed by atoms with E-state index < -0.39 is 22.9 Å². The molecule has 4 aromatic rings. The summed E-state index contributed by atoms with van der Waals surface area (Å²) in [5.41, 5.74) is 0.658. The van der Waals surface area contributed by atoms with E-state index in [2.05, 4.69) is 25.5 Å². The SMILES string of the molecule is Cc1nc(CN2C(=O)S/C(=C\c3ccc4c(c3)nnn4Cc3ccc(Cl)cc3C(F)(F)F)C2=O)n[nH]1. The number of halogens is 4. The number of amides is 2. The Morgan fingerprint density at radius 2 is 1.94 bits per heavy atom. The molecule has 1 saturated heterocycles. The zero-order chi connectivity index (χ0) is 25.6. The van der Waals surface area contributed by atoms with Crippen LogP contribution in [0.25, 0.3) is 17.1 Å². The van der Waals surface area contributed by atoms with E-state index in [9.17, 15) is 22.8 Å². The number of imide groups is 1. The smallest absolute Gasteiger partial charge is 0.268 e. The highest BCUT2D eigenvalue weighted by Crippen LogP contribution is 2.35. The van der Waals surface area contributed by atoms with Crippen molar-refractivity contribution in [2.24, 2.45) is 0 Å². The lowest BCUT2D eigenvalue weighted by molar-refractivity contribution is -0.138. The van der Waals surface area contributed by atoms with Crippen LogP contribution in [0.3, 0.4) is 0 Å². The summed E-state index contributed by atoms with van der Waals surface area (Å²) in [6, 6.07) is 8.53. The number of fused-ring (bicyclic) bond motifs is 1. The minimum Gasteiger partial charge on any atom is -0.268 e. The van der Waals surface area contributed by atoms with E-state index >= 15 is 0 Å². The van der Waals surface area contributed by atoms with Crippen LogP contribution in [0.15, 0.2) is 41.3 Å². The number of carbonyl (C=O) groups is 2. The van der Waals surface area contributed by atoms with Gasteiger partial charge in [0, 0.05) is 5.02 Å². The maximum atomic E-state index is 13.5. The molecule has 0 spiro atoms. The third-order valence-corrected chi connectivity index (χ3v) is 6.49. The third-order valence-electron chi connectivity index (χ3n) is 5.35. The summed E-state index contributed by atoms with van der Waals surface area (Å²) in [6.45, 7) is 1.49. The maximum Gasteiger partial charge on any atom is 0.416 e. The van der Waals surface area contributed by atoms with Crippen LogP contribution in [0.4, 0.5) is 18.0 Å². The van der Waals surface area contributed by atoms with E-state index in [0.717, 1.165) is 22.7 Å². The average molecular weight is 534 g/mol. The highest BCUT2D eigenvalue weighted by Gasteiger charge is 2.36. The molecule has 5 rings (SSSR count). The number of aryl methyl sites for hydroxylation is 1. The average Bonchev–Trinajstić information content (AvgIpc) is 3.48. The number of rotatable bonds is 5. The lowest BCUT2D eigenvalue weighted by Gasteiger charge is -2.13. The fourth-order valence-electron chi connectivity index (χ4n) is 3.70. The zero-order valence-electron chi connectivity index (χ0n) is 18.4. The number of carbonyl (C=O) groups excluding carboxylic acids is 2. The highest BCUT2D eigenvalue weighted by molar-refractivity contribution is 8.18. The molecule has 0 unspecified atom stereocenters. The first-order chi connectivity index (χ1) is 17.1. The van der Waals surface area contributed by atoms with Gasteiger partial charge in [-0.25, -0.2) is 9.67 Å². The highest BCUT2D eigenvalue weighted by atomic mass is 35.5. The van der Waals surface area contributed by atoms with Crippen LogP contribution in [-0.2, 0) is 24.1 Å². The second-order valence-corrected chi connectivity index (χ2v) is 9.33. The van der Waals surface area contributed by atoms with Gasteiger partial charge in [-0.3, -0.25) is 19.6 Å². The second-order valence-electron chi connectivity index (χ2n) is 7.90. The maximum absolute atomic E-state index is 13.5. The Kier molecular flexibility index (Phi) is 6.04. The molecule has 1 aliphatic heterocycles. The van der Waals surface area contributed by atoms with E-state index in [4.69, 9.17) is 11.6 Å². The number of thioether (sulfide) groups is 1. The van der Waals surface area contributed by atoms with Crippen molar-refractivity contribution in [3.63, 3.8) is 0 Å². The molecule has 14 heteroatoms. The van der Waals surface area contributed by atoms with E-state index in [-0.39, 0.29) is 28.6 Å². The molecule has 1 N–H and O–H groups in total. The molecule has 2 aromatic heterocycles. The van der Waals surface area contributed by atoms with Crippen LogP contribution < -0.4 is 0 Å². The van der Waals surface area contributed by atoms with Gasteiger partial charge in [0.15, 0.2) is 5.82 Å². The van der Waals surface area contributed by atoms with Crippen LogP contribution in [0, 0.1) is 6.92 Å². The molecular weight excluding hydrogens is 519 g/mol. The van der Waals surface area contributed by atoms with Gasteiger partial charge >= 0.3 is 6.18 Å². The number of aromatic amines is 1. The lowest BCUT2D eigenvalue weighted by Crippen LogP contribution is -2.28. The van der Waals surface area contributed by atoms with Crippen molar-refractivity contribution in [3.05, 3.63) is 74.7 Å². The van der Waals surface area contributed by atoms with Crippen molar-refractivity contribution < 1.29 is 22.8 Å². The van der Waals surface area contributed by atoms with Crippen molar-refractivity contribution in [2.75, 3.05) is 0 Å². The number of benzene rings is 2. The summed E-state index contributed by atoms with van der Waals surface area (Å²) in [5, 5.41) is 14.2. The molecule has 2 aromatic carbocycles. The van der Waals surface area contributed by atoms with Gasteiger partial charge in [-0.15, -0.1) is 5.10 Å². The number of nitrogens with zero attached hydrogens (tertiary/aromatic N) is 6. The Labute approximate surface area is 210 Å². The van der Waals surface area contributed by atoms with Gasteiger partial charge in [-0.05, 0) is 60.2 Å². The molecule has 0 aliphatic carbocycles. The Bertz CT molecular complexity index is 1550. The Balaban J connectivity index is 1.39. The number of hydrogen-bond donors (Lipinski definition) is 1. The van der Waals surface area contributed by atoms with Crippen molar-refractivity contribution in [2.45, 2.75) is 26.2 Å². The van der Waals surface area contributed by atoms with Gasteiger partial charge in [0.05, 0.1) is 29.1 Å². The number of nitrogens with one attached hydrogen (secondary N) is 1. The minimum atomic E-state index is -4.57. The van der Waals surface area contributed by atoms with Crippen molar-refractivity contribution >= 4 is 51.6 Å². The first-order valence-electron chi connectivity index (χ1n) is 10.4. The molecule has 1 aliphatic rings. The Hall–Kier alpha value is -3.71. The molecular formula is C22H15ClF3N7O2S. The van der Waals surface area contributed by atoms with E-state index in [0.29, 0.717) is 28.2 Å². The molecule has 184 valence electrons. The van der Waals surface area contributed by atoms with Crippen molar-refractivity contribution in [1.29, 1.82) is 0 Å². The molecule has 1 fully saturated rings. The van der Waals surface area contributed by atoms with Crippen LogP contribution in [0.5, 0.6) is 0 Å². The first kappa shape index (κ1) is 24.0. The predicted octanol–water partition coefficient (Wildman–Crippen LogP) is 4.81. The molecule has 9 nitrogen and oxygen atoms in total. The summed E-state index contributed by atoms with van der Waals surface area (Å²) in [7, 11) is 0. The first-order valence-corrected chi connectivity index (χ1v) is 11.6. The molecule has 0 atom stereocenters. The normalized spacial score (nSPS) is 15.6. The largest absolute Gasteiger partial charge is 0.416 e. The summed E-state index contributed by atoms with van der Waals surface area (Å²) < 4.78 is 41.7. The van der Waals surface area contributed by atoms with Crippen LogP contribution in [0.1, 0.15) is 28.3 Å². The van der Waals surface area contributed by atoms with E-state index in [1.807, 2.05) is 0 Å². The van der Waals surface area contributed by atoms with Gasteiger partial charge in [0.2, 0.25) is 0 Å². The van der Waals surface area contributed by atoms with Gasteiger partial charge in [0.25, 0.3) is 11.1 Å². The number of hydrogen-bond acceptors (Lipinski definition) is 7. The fourth-order valence-corrected chi connectivity index (χ4v) is 4.71. The van der Waals surface area contributed by atoms with Gasteiger partial charge in [-0.2, -0.15) is 18.3 Å². The second kappa shape index (κ2) is 9.06. The topological polar surface area (TPSA) is 110 Å². The predicted molar refractivity (Wildman–Crippen MR) is 126 cm³/mol. The zero-order valence-corrected chi connectivity index (χ0v) is 19.9. The van der Waals surface area contributed by atoms with Gasteiger partial charge in [-0.1, -0.05) is 28.9 Å². The van der Waals surface area contributed by atoms with Gasteiger partial charge < -0.3 is 0 Å². The summed E-state index contributed by atoms with van der Waals surface area (Å²) in [5.74, 6) is 0.418. The monoisotopic (exact) mass is 533 g/mol. The minimum absolute atomic E-state index is 0.00181. The lowest BCUT2D eigenvalue weighted by atomic mass is 10.1. The Morgan fingerprint density at radius 1 is 1.14 bits per heavy atom. The van der Waals surface area contributed by atoms with Gasteiger partial charge in [0.1, 0.15) is 11.3 Å². The third kappa shape index (κ3) is 4.71. The molecule has 0 bridgehead atoms. The number of H-pyrrole nitrogens is 1. The molecule has 3 heterocycles. The molecule has 36 heavy (non-hydrogen) atoms. The molecule has 2 amide bonds. The van der Waals surface area contributed by atoms with Crippen molar-refractivity contribution in [1.82, 2.24) is 35.1 Å². The van der Waals surface area contributed by atoms with Crippen LogP contribution >= 0.6 is 23.4 Å². The quantitative estimate of drug-likeness (QED) is 0.366. The Morgan fingerprint density at radius 3 is 2.67 bits per heavy atom. The summed E-state index contributed by atoms with van der Waals surface area (Å²) in [4.78, 5) is 30.5. The molecule has 0 radical (unpaired) electrons. The fraction of sp³-hybridized carbons (Fsp3) is 0.182. The van der Waals surface area contributed by atoms with E-state index in [1.54, 1.807) is 31.2 Å². The van der Waals surface area contributed by atoms with Crippen LogP contribution in [-0.4, -0.2) is 46.2 Å². The molecule has 0 saturated carbocycles. The summed E-state index contributed by atoms with van der Waals surface area (Å²) in [6.07, 6.45) is -3.02. The van der Waals surface area contributed by atoms with Crippen LogP contribution in [0.2, 0.25) is 5.02 Å². The number of aromatic nitrogens is 6. The summed E-state index contributed by atoms with van der Waals surface area (Å²) >= 11 is 6.55. The van der Waals surface area contributed by atoms with E-state index in [1.165, 1.54) is 16.8 Å². The van der Waals surface area contributed by atoms with Crippen molar-refractivity contribution in [3.8, 4) is 0 Å². The number of alkyl halides is 3. The standard InChI is InChI=1S/C22H15ClF3N7O2S/c1-11-27-19(30-28-11)10-32-20(34)18(36-21(32)35)7-12-2-5-17-16(6-12)29-31-33(17)9-13-3-4-14(23)8-15(13)22(24,25)26/h2-8H,9-10H2,1H3,(H,27,28,30)/b18-7-.